The lowest BCUT2D eigenvalue weighted by Gasteiger charge is -2.33. The Hall–Kier alpha value is -2.73. The summed E-state index contributed by atoms with van der Waals surface area (Å²) in [4.78, 5) is 27.8. The fourth-order valence-electron chi connectivity index (χ4n) is 3.41. The number of fused-ring (bicyclic) bond motifs is 1. The van der Waals surface area contributed by atoms with E-state index in [1.165, 1.54) is 0 Å². The third kappa shape index (κ3) is 4.01. The zero-order valence-corrected chi connectivity index (χ0v) is 15.6. The summed E-state index contributed by atoms with van der Waals surface area (Å²) in [7, 11) is 0. The van der Waals surface area contributed by atoms with Gasteiger partial charge in [0.15, 0.2) is 5.65 Å². The molecule has 3 heterocycles. The number of carbonyl (C=O) groups is 1. The van der Waals surface area contributed by atoms with Gasteiger partial charge < -0.3 is 10.2 Å². The van der Waals surface area contributed by atoms with Gasteiger partial charge in [0.05, 0.1) is 17.8 Å². The van der Waals surface area contributed by atoms with E-state index in [1.807, 2.05) is 30.3 Å². The van der Waals surface area contributed by atoms with Gasteiger partial charge in [-0.05, 0) is 30.5 Å². The van der Waals surface area contributed by atoms with Crippen LogP contribution in [-0.4, -0.2) is 33.9 Å². The number of hydrogen-bond donors (Lipinski definition) is 1. The SMILES string of the molecule is O=C(NCc1ccccc1Cl)[C@H]1CCCN(c2cnc3nccnc3c2)C1. The third-order valence-electron chi connectivity index (χ3n) is 4.88. The number of aromatic nitrogens is 3. The van der Waals surface area contributed by atoms with Gasteiger partial charge in [0.25, 0.3) is 0 Å². The first-order chi connectivity index (χ1) is 13.2. The molecule has 1 saturated heterocycles. The Morgan fingerprint density at radius 3 is 2.96 bits per heavy atom. The first kappa shape index (κ1) is 17.7. The Balaban J connectivity index is 1.42. The van der Waals surface area contributed by atoms with Crippen molar-refractivity contribution in [2.75, 3.05) is 18.0 Å². The Bertz CT molecular complexity index is 964. The lowest BCUT2D eigenvalue weighted by Crippen LogP contribution is -2.43. The maximum absolute atomic E-state index is 12.7. The lowest BCUT2D eigenvalue weighted by molar-refractivity contribution is -0.125. The van der Waals surface area contributed by atoms with Crippen molar-refractivity contribution in [2.24, 2.45) is 5.92 Å². The largest absolute Gasteiger partial charge is 0.369 e. The van der Waals surface area contributed by atoms with Crippen molar-refractivity contribution in [2.45, 2.75) is 19.4 Å². The van der Waals surface area contributed by atoms with Crippen LogP contribution in [0.2, 0.25) is 5.02 Å². The summed E-state index contributed by atoms with van der Waals surface area (Å²) >= 11 is 6.17. The molecule has 0 bridgehead atoms. The maximum atomic E-state index is 12.7. The molecule has 7 heteroatoms. The number of anilines is 1. The minimum Gasteiger partial charge on any atom is -0.369 e. The predicted octanol–water partition coefficient (Wildman–Crippen LogP) is 3.21. The lowest BCUT2D eigenvalue weighted by atomic mass is 9.96. The molecule has 3 aromatic rings. The number of carbonyl (C=O) groups excluding carboxylic acids is 1. The highest BCUT2D eigenvalue weighted by Gasteiger charge is 2.26. The van der Waals surface area contributed by atoms with Gasteiger partial charge in [0.1, 0.15) is 5.52 Å². The van der Waals surface area contributed by atoms with Crippen molar-refractivity contribution in [1.29, 1.82) is 0 Å². The first-order valence-corrected chi connectivity index (χ1v) is 9.41. The molecule has 4 rings (SSSR count). The average molecular weight is 382 g/mol. The van der Waals surface area contributed by atoms with Crippen LogP contribution in [-0.2, 0) is 11.3 Å². The van der Waals surface area contributed by atoms with E-state index in [-0.39, 0.29) is 11.8 Å². The van der Waals surface area contributed by atoms with Crippen molar-refractivity contribution >= 4 is 34.4 Å². The number of amides is 1. The van der Waals surface area contributed by atoms with Crippen LogP contribution in [0.5, 0.6) is 0 Å². The second kappa shape index (κ2) is 7.88. The standard InChI is InChI=1S/C20H20ClN5O/c21-17-6-2-1-4-14(17)11-25-20(27)15-5-3-9-26(13-15)16-10-18-19(24-12-16)23-8-7-22-18/h1-2,4,6-8,10,12,15H,3,5,9,11,13H2,(H,25,27)/t15-/m0/s1. The van der Waals surface area contributed by atoms with Gasteiger partial charge in [0, 0.05) is 37.1 Å². The second-order valence-electron chi connectivity index (χ2n) is 6.69. The van der Waals surface area contributed by atoms with Crippen molar-refractivity contribution in [3.8, 4) is 0 Å². The smallest absolute Gasteiger partial charge is 0.225 e. The molecule has 27 heavy (non-hydrogen) atoms. The summed E-state index contributed by atoms with van der Waals surface area (Å²) in [5.74, 6) is 0.00644. The van der Waals surface area contributed by atoms with E-state index in [2.05, 4.69) is 25.2 Å². The fourth-order valence-corrected chi connectivity index (χ4v) is 3.62. The molecule has 6 nitrogen and oxygen atoms in total. The molecule has 138 valence electrons. The first-order valence-electron chi connectivity index (χ1n) is 9.03. The number of halogens is 1. The molecule has 1 fully saturated rings. The Kier molecular flexibility index (Phi) is 5.16. The molecule has 1 aromatic carbocycles. The Morgan fingerprint density at radius 1 is 1.22 bits per heavy atom. The van der Waals surface area contributed by atoms with E-state index in [1.54, 1.807) is 18.6 Å². The summed E-state index contributed by atoms with van der Waals surface area (Å²) in [5, 5.41) is 3.70. The summed E-state index contributed by atoms with van der Waals surface area (Å²) in [6, 6.07) is 9.55. The van der Waals surface area contributed by atoms with Crippen molar-refractivity contribution in [1.82, 2.24) is 20.3 Å². The minimum atomic E-state index is -0.0567. The normalized spacial score (nSPS) is 17.1. The topological polar surface area (TPSA) is 71.0 Å². The monoisotopic (exact) mass is 381 g/mol. The van der Waals surface area contributed by atoms with Gasteiger partial charge in [-0.15, -0.1) is 0 Å². The maximum Gasteiger partial charge on any atom is 0.225 e. The summed E-state index contributed by atoms with van der Waals surface area (Å²) in [6.07, 6.45) is 6.94. The number of pyridine rings is 1. The zero-order valence-electron chi connectivity index (χ0n) is 14.8. The Labute approximate surface area is 162 Å². The molecule has 0 aliphatic carbocycles. The molecule has 0 radical (unpaired) electrons. The highest BCUT2D eigenvalue weighted by Crippen LogP contribution is 2.24. The van der Waals surface area contributed by atoms with Crippen LogP contribution in [0.3, 0.4) is 0 Å². The molecule has 2 aromatic heterocycles. The van der Waals surface area contributed by atoms with Gasteiger partial charge in [-0.25, -0.2) is 9.97 Å². The van der Waals surface area contributed by atoms with E-state index in [9.17, 15) is 4.79 Å². The van der Waals surface area contributed by atoms with Gasteiger partial charge in [0.2, 0.25) is 5.91 Å². The molecule has 1 atom stereocenters. The molecule has 1 N–H and O–H groups in total. The second-order valence-corrected chi connectivity index (χ2v) is 7.09. The van der Waals surface area contributed by atoms with Gasteiger partial charge in [-0.2, -0.15) is 0 Å². The van der Waals surface area contributed by atoms with Gasteiger partial charge in [-0.1, -0.05) is 29.8 Å². The van der Waals surface area contributed by atoms with Crippen LogP contribution < -0.4 is 10.2 Å². The molecule has 1 amide bonds. The van der Waals surface area contributed by atoms with Crippen LogP contribution in [0, 0.1) is 5.92 Å². The van der Waals surface area contributed by atoms with E-state index >= 15 is 0 Å². The van der Waals surface area contributed by atoms with Crippen molar-refractivity contribution in [3.63, 3.8) is 0 Å². The molecule has 0 saturated carbocycles. The predicted molar refractivity (Wildman–Crippen MR) is 106 cm³/mol. The average Bonchev–Trinajstić information content (AvgIpc) is 2.72. The van der Waals surface area contributed by atoms with Gasteiger partial charge in [-0.3, -0.25) is 9.78 Å². The summed E-state index contributed by atoms with van der Waals surface area (Å²) in [6.45, 7) is 2.02. The molecular weight excluding hydrogens is 362 g/mol. The number of nitrogens with zero attached hydrogens (tertiary/aromatic N) is 4. The Morgan fingerprint density at radius 2 is 2.07 bits per heavy atom. The molecule has 1 aliphatic rings. The van der Waals surface area contributed by atoms with E-state index in [0.717, 1.165) is 36.2 Å². The van der Waals surface area contributed by atoms with E-state index < -0.39 is 0 Å². The molecule has 1 aliphatic heterocycles. The zero-order chi connectivity index (χ0) is 18.6. The highest BCUT2D eigenvalue weighted by molar-refractivity contribution is 6.31. The summed E-state index contributed by atoms with van der Waals surface area (Å²) in [5.41, 5.74) is 3.30. The van der Waals surface area contributed by atoms with Crippen LogP contribution in [0.15, 0.2) is 48.9 Å². The number of nitrogens with one attached hydrogen (secondary N) is 1. The van der Waals surface area contributed by atoms with Gasteiger partial charge >= 0.3 is 0 Å². The third-order valence-corrected chi connectivity index (χ3v) is 5.25. The molecule has 0 unspecified atom stereocenters. The van der Waals surface area contributed by atoms with E-state index in [4.69, 9.17) is 11.6 Å². The highest BCUT2D eigenvalue weighted by atomic mass is 35.5. The van der Waals surface area contributed by atoms with Crippen LogP contribution >= 0.6 is 11.6 Å². The number of rotatable bonds is 4. The van der Waals surface area contributed by atoms with Crippen molar-refractivity contribution < 1.29 is 4.79 Å². The van der Waals surface area contributed by atoms with E-state index in [0.29, 0.717) is 23.8 Å². The minimum absolute atomic E-state index is 0.0567. The number of benzene rings is 1. The van der Waals surface area contributed by atoms with Crippen LogP contribution in [0.25, 0.3) is 11.2 Å². The van der Waals surface area contributed by atoms with Crippen LogP contribution in [0.1, 0.15) is 18.4 Å². The van der Waals surface area contributed by atoms with Crippen LogP contribution in [0.4, 0.5) is 5.69 Å². The fraction of sp³-hybridized carbons (Fsp3) is 0.300. The quantitative estimate of drug-likeness (QED) is 0.751. The number of piperidine rings is 1. The number of hydrogen-bond acceptors (Lipinski definition) is 5. The summed E-state index contributed by atoms with van der Waals surface area (Å²) < 4.78 is 0. The molecular formula is C20H20ClN5O. The van der Waals surface area contributed by atoms with Crippen molar-refractivity contribution in [3.05, 3.63) is 59.5 Å². The molecule has 0 spiro atoms.